The number of carbonyl (C=O) groups is 1. The second-order valence-corrected chi connectivity index (χ2v) is 9.35. The summed E-state index contributed by atoms with van der Waals surface area (Å²) in [6.45, 7) is 0.514. The van der Waals surface area contributed by atoms with E-state index in [1.807, 2.05) is 54.6 Å². The number of carboxylic acids is 1. The van der Waals surface area contributed by atoms with E-state index in [1.54, 1.807) is 0 Å². The molecular formula is C25H20BrN3O5S. The highest BCUT2D eigenvalue weighted by Crippen LogP contribution is 2.40. The van der Waals surface area contributed by atoms with Crippen LogP contribution in [-0.4, -0.2) is 52.6 Å². The molecule has 1 atom stereocenters. The van der Waals surface area contributed by atoms with Gasteiger partial charge in [-0.1, -0.05) is 24.3 Å². The summed E-state index contributed by atoms with van der Waals surface area (Å²) in [4.78, 5) is 15.1. The summed E-state index contributed by atoms with van der Waals surface area (Å²) in [5.41, 5.74) is 3.53. The molecule has 0 spiro atoms. The van der Waals surface area contributed by atoms with Gasteiger partial charge < -0.3 is 25.0 Å². The number of benzene rings is 3. The monoisotopic (exact) mass is 553 g/mol. The lowest BCUT2D eigenvalue weighted by Gasteiger charge is -2.19. The van der Waals surface area contributed by atoms with Crippen molar-refractivity contribution in [1.82, 2.24) is 4.37 Å². The first-order valence-electron chi connectivity index (χ1n) is 10.8. The van der Waals surface area contributed by atoms with Crippen LogP contribution in [0.3, 0.4) is 0 Å². The molecule has 5 rings (SSSR count). The summed E-state index contributed by atoms with van der Waals surface area (Å²) < 4.78 is 17.8. The third kappa shape index (κ3) is 4.86. The van der Waals surface area contributed by atoms with Crippen molar-refractivity contribution in [3.63, 3.8) is 0 Å². The number of aliphatic imine (C=N–C) groups is 1. The second-order valence-electron chi connectivity index (χ2n) is 7.75. The summed E-state index contributed by atoms with van der Waals surface area (Å²) in [5, 5.41) is 22.5. The van der Waals surface area contributed by atoms with Gasteiger partial charge in [-0.3, -0.25) is 4.99 Å². The Hall–Kier alpha value is -3.47. The number of nitrogens with zero attached hydrogens (tertiary/aromatic N) is 2. The summed E-state index contributed by atoms with van der Waals surface area (Å²) in [5.74, 6) is 0.974. The average molecular weight is 554 g/mol. The number of hydrogen-bond acceptors (Lipinski definition) is 8. The largest absolute Gasteiger partial charge is 0.486 e. The van der Waals surface area contributed by atoms with Gasteiger partial charge in [-0.2, -0.15) is 4.37 Å². The lowest BCUT2D eigenvalue weighted by Crippen LogP contribution is -2.22. The quantitative estimate of drug-likeness (QED) is 0.272. The van der Waals surface area contributed by atoms with Crippen molar-refractivity contribution in [1.29, 1.82) is 0 Å². The number of halogens is 1. The standard InChI is InChI=1S/C25H20BrN3O5S/c26-23-16(15-5-6-20-21(11-15)34-9-8-33-20)2-1-3-18(23)28-24-17-10-14(4-7-22(17)35-29-24)12-27-19(13-30)25(31)32/h1-7,10-12,19,30H,8-9,13H2,(H,28,29)(H,31,32)/t19-/m0/s1. The predicted octanol–water partition coefficient (Wildman–Crippen LogP) is 5.11. The molecule has 178 valence electrons. The average Bonchev–Trinajstić information content (AvgIpc) is 3.27. The van der Waals surface area contributed by atoms with Crippen LogP contribution in [0.4, 0.5) is 11.5 Å². The molecule has 4 aromatic rings. The fourth-order valence-corrected chi connectivity index (χ4v) is 4.99. The number of ether oxygens (including phenoxy) is 2. The molecule has 8 nitrogen and oxygen atoms in total. The van der Waals surface area contributed by atoms with Gasteiger partial charge in [0.05, 0.1) is 17.0 Å². The fraction of sp³-hybridized carbons (Fsp3) is 0.160. The van der Waals surface area contributed by atoms with E-state index in [2.05, 4.69) is 30.6 Å². The highest BCUT2D eigenvalue weighted by Gasteiger charge is 2.16. The molecule has 1 aliphatic rings. The molecule has 0 saturated heterocycles. The number of fused-ring (bicyclic) bond motifs is 2. The molecule has 1 aliphatic heterocycles. The van der Waals surface area contributed by atoms with Crippen LogP contribution in [0.5, 0.6) is 11.5 Å². The van der Waals surface area contributed by atoms with Gasteiger partial charge in [0.25, 0.3) is 0 Å². The molecule has 0 saturated carbocycles. The van der Waals surface area contributed by atoms with Gasteiger partial charge in [0, 0.05) is 16.1 Å². The van der Waals surface area contributed by atoms with Crippen molar-refractivity contribution >= 4 is 61.2 Å². The van der Waals surface area contributed by atoms with Gasteiger partial charge in [0.2, 0.25) is 0 Å². The number of carboxylic acid groups (broad SMARTS) is 1. The fourth-order valence-electron chi connectivity index (χ4n) is 3.68. The van der Waals surface area contributed by atoms with Crippen molar-refractivity contribution in [2.75, 3.05) is 25.1 Å². The maximum absolute atomic E-state index is 11.1. The number of aromatic nitrogens is 1. The number of nitrogens with one attached hydrogen (secondary N) is 1. The van der Waals surface area contributed by atoms with E-state index in [9.17, 15) is 9.90 Å². The van der Waals surface area contributed by atoms with E-state index in [1.165, 1.54) is 17.7 Å². The van der Waals surface area contributed by atoms with Crippen molar-refractivity contribution in [3.8, 4) is 22.6 Å². The van der Waals surface area contributed by atoms with Gasteiger partial charge in [-0.05, 0) is 74.5 Å². The normalized spacial score (nSPS) is 13.8. The Bertz CT molecular complexity index is 1440. The van der Waals surface area contributed by atoms with Crippen molar-refractivity contribution < 1.29 is 24.5 Å². The van der Waals surface area contributed by atoms with Crippen LogP contribution in [-0.2, 0) is 4.79 Å². The van der Waals surface area contributed by atoms with Crippen molar-refractivity contribution in [2.24, 2.45) is 4.99 Å². The van der Waals surface area contributed by atoms with E-state index in [0.717, 1.165) is 42.9 Å². The highest BCUT2D eigenvalue weighted by molar-refractivity contribution is 9.10. The topological polar surface area (TPSA) is 113 Å². The van der Waals surface area contributed by atoms with Crippen LogP contribution in [0.15, 0.2) is 64.1 Å². The Kier molecular flexibility index (Phi) is 6.67. The van der Waals surface area contributed by atoms with Crippen LogP contribution in [0.1, 0.15) is 5.56 Å². The third-order valence-corrected chi connectivity index (χ3v) is 7.14. The Labute approximate surface area is 213 Å². The minimum atomic E-state index is -1.19. The van der Waals surface area contributed by atoms with Crippen LogP contribution < -0.4 is 14.8 Å². The van der Waals surface area contributed by atoms with Gasteiger partial charge in [-0.25, -0.2) is 4.79 Å². The number of aliphatic carboxylic acids is 1. The van der Waals surface area contributed by atoms with Crippen molar-refractivity contribution in [2.45, 2.75) is 6.04 Å². The van der Waals surface area contributed by atoms with Crippen LogP contribution in [0.25, 0.3) is 21.2 Å². The van der Waals surface area contributed by atoms with Gasteiger partial charge in [-0.15, -0.1) is 0 Å². The highest BCUT2D eigenvalue weighted by atomic mass is 79.9. The Balaban J connectivity index is 1.44. The molecule has 10 heteroatoms. The van der Waals surface area contributed by atoms with Crippen LogP contribution >= 0.6 is 27.5 Å². The molecule has 0 aliphatic carbocycles. The molecule has 0 fully saturated rings. The van der Waals surface area contributed by atoms with Gasteiger partial charge in [0.15, 0.2) is 23.4 Å². The third-order valence-electron chi connectivity index (χ3n) is 5.46. The zero-order chi connectivity index (χ0) is 24.4. The maximum atomic E-state index is 11.1. The molecule has 35 heavy (non-hydrogen) atoms. The lowest BCUT2D eigenvalue weighted by atomic mass is 10.0. The van der Waals surface area contributed by atoms with E-state index < -0.39 is 18.6 Å². The molecule has 1 aromatic heterocycles. The number of hydrogen-bond donors (Lipinski definition) is 3. The molecule has 0 radical (unpaired) electrons. The molecule has 2 heterocycles. The lowest BCUT2D eigenvalue weighted by molar-refractivity contribution is -0.139. The summed E-state index contributed by atoms with van der Waals surface area (Å²) >= 11 is 5.10. The van der Waals surface area contributed by atoms with Crippen molar-refractivity contribution in [3.05, 3.63) is 64.6 Å². The summed E-state index contributed by atoms with van der Waals surface area (Å²) in [6.07, 6.45) is 1.45. The molecule has 3 aromatic carbocycles. The van der Waals surface area contributed by atoms with Gasteiger partial charge in [0.1, 0.15) is 13.2 Å². The zero-order valence-corrected chi connectivity index (χ0v) is 20.7. The molecule has 3 N–H and O–H groups in total. The first-order valence-corrected chi connectivity index (χ1v) is 12.3. The number of rotatable bonds is 7. The van der Waals surface area contributed by atoms with E-state index in [-0.39, 0.29) is 0 Å². The van der Waals surface area contributed by atoms with Crippen LogP contribution in [0.2, 0.25) is 0 Å². The minimum absolute atomic E-state index is 0.528. The SMILES string of the molecule is O=C(O)[C@H](CO)N=Cc1ccc2snc(Nc3cccc(-c4ccc5c(c4)OCCO5)c3Br)c2c1. The minimum Gasteiger partial charge on any atom is -0.486 e. The molecule has 0 amide bonds. The Morgan fingerprint density at radius 2 is 2.00 bits per heavy atom. The van der Waals surface area contributed by atoms with Gasteiger partial charge >= 0.3 is 5.97 Å². The molecule has 0 unspecified atom stereocenters. The number of aliphatic hydroxyl groups is 1. The summed E-state index contributed by atoms with van der Waals surface area (Å²) in [7, 11) is 0. The number of anilines is 2. The molecular weight excluding hydrogens is 534 g/mol. The van der Waals surface area contributed by atoms with E-state index in [0.29, 0.717) is 24.6 Å². The first-order chi connectivity index (χ1) is 17.0. The predicted molar refractivity (Wildman–Crippen MR) is 140 cm³/mol. The Morgan fingerprint density at radius 3 is 2.80 bits per heavy atom. The maximum Gasteiger partial charge on any atom is 0.330 e. The second kappa shape index (κ2) is 10.0. The molecule has 0 bridgehead atoms. The first kappa shape index (κ1) is 23.3. The number of aliphatic hydroxyl groups excluding tert-OH is 1. The smallest absolute Gasteiger partial charge is 0.330 e. The summed E-state index contributed by atoms with van der Waals surface area (Å²) in [6, 6.07) is 16.3. The van der Waals surface area contributed by atoms with E-state index >= 15 is 0 Å². The Morgan fingerprint density at radius 1 is 1.17 bits per heavy atom. The van der Waals surface area contributed by atoms with Crippen LogP contribution in [0, 0.1) is 0 Å². The van der Waals surface area contributed by atoms with E-state index in [4.69, 9.17) is 14.6 Å². The zero-order valence-electron chi connectivity index (χ0n) is 18.3.